The highest BCUT2D eigenvalue weighted by atomic mass is 19.1. The second-order valence-corrected chi connectivity index (χ2v) is 5.91. The van der Waals surface area contributed by atoms with Crippen molar-refractivity contribution in [1.29, 1.82) is 0 Å². The number of ketones is 1. The van der Waals surface area contributed by atoms with E-state index in [4.69, 9.17) is 4.74 Å². The summed E-state index contributed by atoms with van der Waals surface area (Å²) in [4.78, 5) is 24.1. The number of halogens is 1. The fraction of sp³-hybridized carbons (Fsp3) is 0.300. The average molecular weight is 343 g/mol. The van der Waals surface area contributed by atoms with Gasteiger partial charge in [-0.05, 0) is 61.9 Å². The zero-order valence-electron chi connectivity index (χ0n) is 14.4. The van der Waals surface area contributed by atoms with Gasteiger partial charge in [-0.2, -0.15) is 0 Å². The molecule has 1 atom stereocenters. The molecule has 0 saturated heterocycles. The molecule has 2 aromatic rings. The molecule has 0 aliphatic rings. The Kier molecular flexibility index (Phi) is 6.69. The molecule has 5 heteroatoms. The van der Waals surface area contributed by atoms with Gasteiger partial charge in [0.25, 0.3) is 5.91 Å². The molecular formula is C20H22FNO3. The molecule has 4 nitrogen and oxygen atoms in total. The fourth-order valence-electron chi connectivity index (χ4n) is 2.44. The van der Waals surface area contributed by atoms with Crippen LogP contribution in [-0.4, -0.2) is 24.3 Å². The number of nitrogens with one attached hydrogen (secondary N) is 1. The van der Waals surface area contributed by atoms with Crippen LogP contribution in [0.4, 0.5) is 4.39 Å². The van der Waals surface area contributed by atoms with E-state index in [0.29, 0.717) is 16.9 Å². The zero-order valence-corrected chi connectivity index (χ0v) is 14.4. The number of rotatable bonds is 8. The normalized spacial score (nSPS) is 11.6. The summed E-state index contributed by atoms with van der Waals surface area (Å²) in [5, 5.41) is 2.86. The molecule has 1 amide bonds. The van der Waals surface area contributed by atoms with Crippen molar-refractivity contribution in [3.63, 3.8) is 0 Å². The number of carbonyl (C=O) groups is 2. The van der Waals surface area contributed by atoms with Gasteiger partial charge in [-0.1, -0.05) is 13.3 Å². The third kappa shape index (κ3) is 5.71. The third-order valence-corrected chi connectivity index (χ3v) is 3.72. The van der Waals surface area contributed by atoms with Gasteiger partial charge in [0, 0.05) is 17.2 Å². The quantitative estimate of drug-likeness (QED) is 0.743. The number of amides is 1. The van der Waals surface area contributed by atoms with Crippen molar-refractivity contribution in [2.75, 3.05) is 6.61 Å². The summed E-state index contributed by atoms with van der Waals surface area (Å²) >= 11 is 0. The second-order valence-electron chi connectivity index (χ2n) is 5.91. The maximum atomic E-state index is 12.9. The number of hydrogen-bond acceptors (Lipinski definition) is 3. The number of carbonyl (C=O) groups excluding carboxylic acids is 2. The monoisotopic (exact) mass is 343 g/mol. The maximum Gasteiger partial charge on any atom is 0.258 e. The Morgan fingerprint density at radius 2 is 1.60 bits per heavy atom. The minimum absolute atomic E-state index is 0.0701. The summed E-state index contributed by atoms with van der Waals surface area (Å²) in [6, 6.07) is 12.0. The van der Waals surface area contributed by atoms with Crippen molar-refractivity contribution in [3.05, 3.63) is 65.5 Å². The van der Waals surface area contributed by atoms with E-state index in [9.17, 15) is 14.0 Å². The number of benzene rings is 2. The van der Waals surface area contributed by atoms with E-state index in [-0.39, 0.29) is 30.2 Å². The maximum absolute atomic E-state index is 12.9. The first-order valence-electron chi connectivity index (χ1n) is 8.32. The smallest absolute Gasteiger partial charge is 0.258 e. The summed E-state index contributed by atoms with van der Waals surface area (Å²) < 4.78 is 18.3. The molecule has 1 N–H and O–H groups in total. The van der Waals surface area contributed by atoms with Gasteiger partial charge in [-0.25, -0.2) is 4.39 Å². The second kappa shape index (κ2) is 8.97. The van der Waals surface area contributed by atoms with Gasteiger partial charge in [0.1, 0.15) is 11.6 Å². The standard InChI is InChI=1S/C20H22FNO3/c1-3-4-14(2)22-19(23)13-25-18-11-7-16(8-12-18)20(24)15-5-9-17(21)10-6-15/h5-12,14H,3-4,13H2,1-2H3,(H,22,23). The van der Waals surface area contributed by atoms with Gasteiger partial charge >= 0.3 is 0 Å². The zero-order chi connectivity index (χ0) is 18.2. The SMILES string of the molecule is CCCC(C)NC(=O)COc1ccc(C(=O)c2ccc(F)cc2)cc1. The summed E-state index contributed by atoms with van der Waals surface area (Å²) in [5.41, 5.74) is 0.888. The topological polar surface area (TPSA) is 55.4 Å². The minimum Gasteiger partial charge on any atom is -0.484 e. The van der Waals surface area contributed by atoms with Crippen LogP contribution in [-0.2, 0) is 4.79 Å². The lowest BCUT2D eigenvalue weighted by molar-refractivity contribution is -0.123. The lowest BCUT2D eigenvalue weighted by Crippen LogP contribution is -2.35. The summed E-state index contributed by atoms with van der Waals surface area (Å²) in [7, 11) is 0. The molecule has 132 valence electrons. The van der Waals surface area contributed by atoms with Crippen LogP contribution in [0, 0.1) is 5.82 Å². The van der Waals surface area contributed by atoms with E-state index in [1.165, 1.54) is 24.3 Å². The van der Waals surface area contributed by atoms with Crippen LogP contribution in [0.1, 0.15) is 42.6 Å². The molecule has 0 spiro atoms. The molecule has 1 unspecified atom stereocenters. The van der Waals surface area contributed by atoms with E-state index in [1.807, 2.05) is 6.92 Å². The molecule has 0 heterocycles. The van der Waals surface area contributed by atoms with Crippen molar-refractivity contribution >= 4 is 11.7 Å². The van der Waals surface area contributed by atoms with Crippen LogP contribution >= 0.6 is 0 Å². The summed E-state index contributed by atoms with van der Waals surface area (Å²) in [6.45, 7) is 3.95. The summed E-state index contributed by atoms with van der Waals surface area (Å²) in [6.07, 6.45) is 1.93. The van der Waals surface area contributed by atoms with Gasteiger partial charge in [0.15, 0.2) is 12.4 Å². The highest BCUT2D eigenvalue weighted by molar-refractivity contribution is 6.09. The van der Waals surface area contributed by atoms with Gasteiger partial charge in [0.05, 0.1) is 0 Å². The Bertz CT molecular complexity index is 711. The van der Waals surface area contributed by atoms with Crippen LogP contribution in [0.2, 0.25) is 0 Å². The first kappa shape index (κ1) is 18.6. The average Bonchev–Trinajstić information content (AvgIpc) is 2.60. The van der Waals surface area contributed by atoms with Gasteiger partial charge in [-0.15, -0.1) is 0 Å². The summed E-state index contributed by atoms with van der Waals surface area (Å²) in [5.74, 6) is -0.245. The molecule has 2 aromatic carbocycles. The number of ether oxygens (including phenoxy) is 1. The molecule has 0 aliphatic heterocycles. The Morgan fingerprint density at radius 1 is 1.04 bits per heavy atom. The predicted octanol–water partition coefficient (Wildman–Crippen LogP) is 3.74. The van der Waals surface area contributed by atoms with E-state index in [0.717, 1.165) is 12.8 Å². The molecule has 0 bridgehead atoms. The van der Waals surface area contributed by atoms with E-state index in [2.05, 4.69) is 12.2 Å². The molecule has 0 aromatic heterocycles. The Labute approximate surface area is 147 Å². The van der Waals surface area contributed by atoms with Crippen LogP contribution in [0.15, 0.2) is 48.5 Å². The van der Waals surface area contributed by atoms with Crippen LogP contribution in [0.3, 0.4) is 0 Å². The largest absolute Gasteiger partial charge is 0.484 e. The molecule has 0 fully saturated rings. The van der Waals surface area contributed by atoms with Crippen molar-refractivity contribution < 1.29 is 18.7 Å². The van der Waals surface area contributed by atoms with Crippen LogP contribution < -0.4 is 10.1 Å². The fourth-order valence-corrected chi connectivity index (χ4v) is 2.44. The Hall–Kier alpha value is -2.69. The Balaban J connectivity index is 1.90. The highest BCUT2D eigenvalue weighted by Gasteiger charge is 2.10. The van der Waals surface area contributed by atoms with Gasteiger partial charge < -0.3 is 10.1 Å². The van der Waals surface area contributed by atoms with Crippen molar-refractivity contribution in [3.8, 4) is 5.75 Å². The molecule has 25 heavy (non-hydrogen) atoms. The first-order chi connectivity index (χ1) is 12.0. The van der Waals surface area contributed by atoms with Crippen molar-refractivity contribution in [2.24, 2.45) is 0 Å². The van der Waals surface area contributed by atoms with Crippen molar-refractivity contribution in [1.82, 2.24) is 5.32 Å². The van der Waals surface area contributed by atoms with Gasteiger partial charge in [-0.3, -0.25) is 9.59 Å². The highest BCUT2D eigenvalue weighted by Crippen LogP contribution is 2.16. The molecule has 2 rings (SSSR count). The Morgan fingerprint density at radius 3 is 2.16 bits per heavy atom. The van der Waals surface area contributed by atoms with Crippen molar-refractivity contribution in [2.45, 2.75) is 32.7 Å². The van der Waals surface area contributed by atoms with E-state index in [1.54, 1.807) is 24.3 Å². The molecule has 0 saturated carbocycles. The molecule has 0 aliphatic carbocycles. The third-order valence-electron chi connectivity index (χ3n) is 3.72. The van der Waals surface area contributed by atoms with E-state index < -0.39 is 0 Å². The first-order valence-corrected chi connectivity index (χ1v) is 8.32. The van der Waals surface area contributed by atoms with Gasteiger partial charge in [0.2, 0.25) is 0 Å². The van der Waals surface area contributed by atoms with Crippen LogP contribution in [0.25, 0.3) is 0 Å². The van der Waals surface area contributed by atoms with E-state index >= 15 is 0 Å². The molecule has 0 radical (unpaired) electrons. The minimum atomic E-state index is -0.383. The molecular weight excluding hydrogens is 321 g/mol. The number of hydrogen-bond donors (Lipinski definition) is 1. The van der Waals surface area contributed by atoms with Crippen LogP contribution in [0.5, 0.6) is 5.75 Å². The lowest BCUT2D eigenvalue weighted by atomic mass is 10.0. The lowest BCUT2D eigenvalue weighted by Gasteiger charge is -2.13. The predicted molar refractivity (Wildman–Crippen MR) is 94.3 cm³/mol.